The van der Waals surface area contributed by atoms with Crippen LogP contribution in [0.3, 0.4) is 0 Å². The molecule has 30 heavy (non-hydrogen) atoms. The Kier molecular flexibility index (Phi) is 5.44. The van der Waals surface area contributed by atoms with Crippen LogP contribution in [0.25, 0.3) is 10.8 Å². The largest absolute Gasteiger partial charge is 0.490 e. The Labute approximate surface area is 174 Å². The van der Waals surface area contributed by atoms with E-state index in [1.165, 1.54) is 4.68 Å². The summed E-state index contributed by atoms with van der Waals surface area (Å²) in [7, 11) is 1.55. The summed E-state index contributed by atoms with van der Waals surface area (Å²) in [6.45, 7) is 5.31. The van der Waals surface area contributed by atoms with Crippen LogP contribution < -0.4 is 20.3 Å². The molecule has 1 aromatic heterocycles. The van der Waals surface area contributed by atoms with E-state index in [4.69, 9.17) is 9.47 Å². The SMILES string of the molecule is CC(C)[C@@H](NC(=O)c1nn(C)c(=O)c2ccccc12)c1ccc2c(c1)OCCCO2. The van der Waals surface area contributed by atoms with Crippen LogP contribution in [-0.4, -0.2) is 28.9 Å². The molecular weight excluding hydrogens is 382 g/mol. The molecule has 7 heteroatoms. The topological polar surface area (TPSA) is 82.5 Å². The van der Waals surface area contributed by atoms with Crippen molar-refractivity contribution < 1.29 is 14.3 Å². The average Bonchev–Trinajstić information content (AvgIpc) is 2.99. The van der Waals surface area contributed by atoms with Crippen molar-refractivity contribution in [3.63, 3.8) is 0 Å². The van der Waals surface area contributed by atoms with Crippen molar-refractivity contribution in [1.82, 2.24) is 15.1 Å². The first kappa shape index (κ1) is 19.9. The lowest BCUT2D eigenvalue weighted by atomic mass is 9.95. The van der Waals surface area contributed by atoms with Crippen LogP contribution in [0.4, 0.5) is 0 Å². The predicted molar refractivity (Wildman–Crippen MR) is 114 cm³/mol. The lowest BCUT2D eigenvalue weighted by Crippen LogP contribution is -2.34. The Balaban J connectivity index is 1.69. The summed E-state index contributed by atoms with van der Waals surface area (Å²) < 4.78 is 12.7. The van der Waals surface area contributed by atoms with Gasteiger partial charge in [-0.1, -0.05) is 38.1 Å². The standard InChI is InChI=1S/C23H25N3O4/c1-14(2)20(15-9-10-18-19(13-15)30-12-6-11-29-18)24-22(27)21-16-7-4-5-8-17(16)23(28)26(3)25-21/h4-5,7-10,13-14,20H,6,11-12H2,1-3H3,(H,24,27)/t20-/m1/s1. The van der Waals surface area contributed by atoms with Crippen LogP contribution >= 0.6 is 0 Å². The normalized spacial score (nSPS) is 14.4. The molecule has 7 nitrogen and oxygen atoms in total. The van der Waals surface area contributed by atoms with Gasteiger partial charge in [0, 0.05) is 18.9 Å². The van der Waals surface area contributed by atoms with Gasteiger partial charge in [-0.25, -0.2) is 4.68 Å². The second kappa shape index (κ2) is 8.18. The van der Waals surface area contributed by atoms with E-state index in [0.717, 1.165) is 17.7 Å². The molecule has 1 aliphatic rings. The maximum absolute atomic E-state index is 13.2. The monoisotopic (exact) mass is 407 g/mol. The molecule has 1 amide bonds. The number of aryl methyl sites for hydroxylation is 1. The number of nitrogens with zero attached hydrogens (tertiary/aromatic N) is 2. The highest BCUT2D eigenvalue weighted by molar-refractivity contribution is 6.04. The zero-order valence-electron chi connectivity index (χ0n) is 17.3. The van der Waals surface area contributed by atoms with Gasteiger partial charge < -0.3 is 14.8 Å². The molecular formula is C23H25N3O4. The number of nitrogens with one attached hydrogen (secondary N) is 1. The predicted octanol–water partition coefficient (Wildman–Crippen LogP) is 3.22. The highest BCUT2D eigenvalue weighted by atomic mass is 16.5. The number of amides is 1. The van der Waals surface area contributed by atoms with Gasteiger partial charge in [-0.05, 0) is 29.7 Å². The van der Waals surface area contributed by atoms with E-state index in [-0.39, 0.29) is 29.1 Å². The molecule has 3 aromatic rings. The molecule has 1 N–H and O–H groups in total. The summed E-state index contributed by atoms with van der Waals surface area (Å²) >= 11 is 0. The zero-order chi connectivity index (χ0) is 21.3. The Morgan fingerprint density at radius 2 is 1.77 bits per heavy atom. The smallest absolute Gasteiger partial charge is 0.274 e. The van der Waals surface area contributed by atoms with Gasteiger partial charge in [0.1, 0.15) is 0 Å². The van der Waals surface area contributed by atoms with E-state index < -0.39 is 0 Å². The molecule has 0 bridgehead atoms. The molecule has 0 saturated carbocycles. The molecule has 0 spiro atoms. The van der Waals surface area contributed by atoms with Crippen LogP contribution in [0.1, 0.15) is 42.4 Å². The third kappa shape index (κ3) is 3.75. The summed E-state index contributed by atoms with van der Waals surface area (Å²) in [4.78, 5) is 25.6. The lowest BCUT2D eigenvalue weighted by Gasteiger charge is -2.24. The van der Waals surface area contributed by atoms with E-state index in [0.29, 0.717) is 29.7 Å². The second-order valence-corrected chi connectivity index (χ2v) is 7.77. The van der Waals surface area contributed by atoms with Crippen LogP contribution in [0.2, 0.25) is 0 Å². The first-order valence-electron chi connectivity index (χ1n) is 10.1. The van der Waals surface area contributed by atoms with Crippen molar-refractivity contribution in [2.75, 3.05) is 13.2 Å². The van der Waals surface area contributed by atoms with Gasteiger partial charge in [0.05, 0.1) is 24.6 Å². The molecule has 0 saturated heterocycles. The molecule has 0 aliphatic carbocycles. The molecule has 0 radical (unpaired) electrons. The number of carbonyl (C=O) groups is 1. The fourth-order valence-electron chi connectivity index (χ4n) is 3.69. The van der Waals surface area contributed by atoms with Gasteiger partial charge in [0.25, 0.3) is 11.5 Å². The number of hydrogen-bond donors (Lipinski definition) is 1. The van der Waals surface area contributed by atoms with Gasteiger partial charge in [-0.15, -0.1) is 0 Å². The van der Waals surface area contributed by atoms with E-state index in [1.54, 1.807) is 31.3 Å². The second-order valence-electron chi connectivity index (χ2n) is 7.77. The Morgan fingerprint density at radius 3 is 2.50 bits per heavy atom. The van der Waals surface area contributed by atoms with E-state index in [9.17, 15) is 9.59 Å². The van der Waals surface area contributed by atoms with Gasteiger partial charge in [-0.3, -0.25) is 9.59 Å². The minimum absolute atomic E-state index is 0.123. The molecule has 0 fully saturated rings. The van der Waals surface area contributed by atoms with E-state index in [2.05, 4.69) is 10.4 Å². The van der Waals surface area contributed by atoms with Gasteiger partial charge in [-0.2, -0.15) is 5.10 Å². The maximum Gasteiger partial charge on any atom is 0.274 e. The van der Waals surface area contributed by atoms with Crippen molar-refractivity contribution in [1.29, 1.82) is 0 Å². The van der Waals surface area contributed by atoms with Crippen molar-refractivity contribution in [3.05, 3.63) is 64.1 Å². The highest BCUT2D eigenvalue weighted by Crippen LogP contribution is 2.34. The van der Waals surface area contributed by atoms with Crippen LogP contribution in [0.5, 0.6) is 11.5 Å². The van der Waals surface area contributed by atoms with Gasteiger partial charge in [0.2, 0.25) is 0 Å². The molecule has 156 valence electrons. The molecule has 4 rings (SSSR count). The Morgan fingerprint density at radius 1 is 1.07 bits per heavy atom. The minimum Gasteiger partial charge on any atom is -0.490 e. The zero-order valence-corrected chi connectivity index (χ0v) is 17.3. The summed E-state index contributed by atoms with van der Waals surface area (Å²) in [6.07, 6.45) is 0.833. The summed E-state index contributed by atoms with van der Waals surface area (Å²) in [5, 5.41) is 8.34. The number of ether oxygens (including phenoxy) is 2. The lowest BCUT2D eigenvalue weighted by molar-refractivity contribution is 0.0920. The number of carbonyl (C=O) groups excluding carboxylic acids is 1. The summed E-state index contributed by atoms with van der Waals surface area (Å²) in [5.41, 5.74) is 0.926. The Hall–Kier alpha value is -3.35. The number of rotatable bonds is 4. The van der Waals surface area contributed by atoms with Crippen LogP contribution in [0.15, 0.2) is 47.3 Å². The maximum atomic E-state index is 13.2. The molecule has 0 unspecified atom stereocenters. The van der Waals surface area contributed by atoms with Crippen LogP contribution in [-0.2, 0) is 7.05 Å². The average molecular weight is 407 g/mol. The van der Waals surface area contributed by atoms with Crippen LogP contribution in [0, 0.1) is 5.92 Å². The molecule has 2 heterocycles. The van der Waals surface area contributed by atoms with Crippen molar-refractivity contribution >= 4 is 16.7 Å². The number of fused-ring (bicyclic) bond motifs is 2. The number of aromatic nitrogens is 2. The first-order chi connectivity index (χ1) is 14.5. The molecule has 1 atom stereocenters. The molecule has 2 aromatic carbocycles. The van der Waals surface area contributed by atoms with Gasteiger partial charge in [0.15, 0.2) is 17.2 Å². The fraction of sp³-hybridized carbons (Fsp3) is 0.348. The summed E-state index contributed by atoms with van der Waals surface area (Å²) in [5.74, 6) is 1.21. The third-order valence-electron chi connectivity index (χ3n) is 5.26. The Bertz CT molecular complexity index is 1150. The van der Waals surface area contributed by atoms with Crippen molar-refractivity contribution in [2.24, 2.45) is 13.0 Å². The number of benzene rings is 2. The first-order valence-corrected chi connectivity index (χ1v) is 10.1. The molecule has 1 aliphatic heterocycles. The van der Waals surface area contributed by atoms with E-state index >= 15 is 0 Å². The highest BCUT2D eigenvalue weighted by Gasteiger charge is 2.24. The minimum atomic E-state index is -0.326. The third-order valence-corrected chi connectivity index (χ3v) is 5.26. The summed E-state index contributed by atoms with van der Waals surface area (Å²) in [6, 6.07) is 12.5. The van der Waals surface area contributed by atoms with E-state index in [1.807, 2.05) is 32.0 Å². The van der Waals surface area contributed by atoms with Crippen molar-refractivity contribution in [3.8, 4) is 11.5 Å². The van der Waals surface area contributed by atoms with Gasteiger partial charge >= 0.3 is 0 Å². The van der Waals surface area contributed by atoms with Crippen molar-refractivity contribution in [2.45, 2.75) is 26.3 Å². The quantitative estimate of drug-likeness (QED) is 0.718. The fourth-order valence-corrected chi connectivity index (χ4v) is 3.69. The number of hydrogen-bond acceptors (Lipinski definition) is 5.